The Kier molecular flexibility index (Phi) is 11.1. The molecule has 0 saturated heterocycles. The second-order valence-corrected chi connectivity index (χ2v) is 13.7. The van der Waals surface area contributed by atoms with Crippen LogP contribution in [-0.4, -0.2) is 65.2 Å². The Morgan fingerprint density at radius 2 is 1.58 bits per heavy atom. The highest BCUT2D eigenvalue weighted by Gasteiger charge is 2.26. The number of aromatic amines is 1. The number of ether oxygens (including phenoxy) is 2. The fourth-order valence-electron chi connectivity index (χ4n) is 6.18. The number of methoxy groups -OCH3 is 1. The van der Waals surface area contributed by atoms with E-state index in [0.717, 1.165) is 60.0 Å². The van der Waals surface area contributed by atoms with Crippen molar-refractivity contribution in [2.45, 2.75) is 71.4 Å². The number of nitrogens with one attached hydrogen (secondary N) is 4. The van der Waals surface area contributed by atoms with Crippen molar-refractivity contribution in [1.29, 1.82) is 0 Å². The van der Waals surface area contributed by atoms with Crippen LogP contribution in [0, 0.1) is 18.8 Å². The minimum Gasteiger partial charge on any atom is -0.465 e. The minimum absolute atomic E-state index is 0.119. The maximum atomic E-state index is 13.7. The van der Waals surface area contributed by atoms with Crippen LogP contribution < -0.4 is 16.0 Å². The first kappa shape index (κ1) is 34.6. The Bertz CT molecular complexity index is 1720. The van der Waals surface area contributed by atoms with Crippen LogP contribution in [0.1, 0.15) is 67.9 Å². The molecule has 1 unspecified atom stereocenters. The van der Waals surface area contributed by atoms with Gasteiger partial charge in [-0.1, -0.05) is 30.3 Å². The molecule has 0 aliphatic heterocycles. The monoisotopic (exact) mass is 654 g/mol. The third kappa shape index (κ3) is 9.41. The molecule has 11 heteroatoms. The number of aromatic nitrogens is 3. The number of fused-ring (bicyclic) bond motifs is 1. The number of carbonyl (C=O) groups is 3. The summed E-state index contributed by atoms with van der Waals surface area (Å²) in [5.41, 5.74) is 6.14. The Hall–Kier alpha value is -4.77. The van der Waals surface area contributed by atoms with E-state index in [1.54, 1.807) is 6.07 Å². The van der Waals surface area contributed by atoms with Gasteiger partial charge in [-0.15, -0.1) is 0 Å². The van der Waals surface area contributed by atoms with Gasteiger partial charge < -0.3 is 25.4 Å². The summed E-state index contributed by atoms with van der Waals surface area (Å²) in [7, 11) is 1.38. The van der Waals surface area contributed by atoms with E-state index in [0.29, 0.717) is 41.6 Å². The molecule has 1 fully saturated rings. The molecule has 0 spiro atoms. The maximum absolute atomic E-state index is 13.7. The Balaban J connectivity index is 1.22. The van der Waals surface area contributed by atoms with Crippen molar-refractivity contribution in [3.05, 3.63) is 77.4 Å². The third-order valence-corrected chi connectivity index (χ3v) is 8.81. The van der Waals surface area contributed by atoms with Gasteiger partial charge in [0, 0.05) is 12.2 Å². The van der Waals surface area contributed by atoms with Crippen LogP contribution in [0.3, 0.4) is 0 Å². The van der Waals surface area contributed by atoms with Gasteiger partial charge in [0.15, 0.2) is 0 Å². The minimum atomic E-state index is -0.514. The van der Waals surface area contributed by atoms with Gasteiger partial charge in [-0.05, 0) is 131 Å². The largest absolute Gasteiger partial charge is 0.465 e. The first-order valence-corrected chi connectivity index (χ1v) is 16.6. The van der Waals surface area contributed by atoms with Gasteiger partial charge in [0.25, 0.3) is 0 Å². The topological polar surface area (TPSA) is 147 Å². The molecule has 11 nitrogen and oxygen atoms in total. The Morgan fingerprint density at radius 3 is 2.25 bits per heavy atom. The van der Waals surface area contributed by atoms with Gasteiger partial charge in [0.1, 0.15) is 16.6 Å². The van der Waals surface area contributed by atoms with Crippen molar-refractivity contribution in [1.82, 2.24) is 26.0 Å². The zero-order chi connectivity index (χ0) is 34.3. The van der Waals surface area contributed by atoms with E-state index in [4.69, 9.17) is 9.47 Å². The first-order chi connectivity index (χ1) is 23.0. The maximum Gasteiger partial charge on any atom is 0.407 e. The summed E-state index contributed by atoms with van der Waals surface area (Å²) >= 11 is 0. The number of hydrogen-bond acceptors (Lipinski definition) is 8. The summed E-state index contributed by atoms with van der Waals surface area (Å²) in [4.78, 5) is 37.7. The van der Waals surface area contributed by atoms with Crippen LogP contribution in [0.15, 0.2) is 60.7 Å². The molecule has 1 aliphatic rings. The predicted molar refractivity (Wildman–Crippen MR) is 186 cm³/mol. The van der Waals surface area contributed by atoms with Gasteiger partial charge in [-0.25, -0.2) is 9.59 Å². The highest BCUT2D eigenvalue weighted by molar-refractivity contribution is 5.96. The predicted octanol–water partition coefficient (Wildman–Crippen LogP) is 6.19. The van der Waals surface area contributed by atoms with E-state index in [-0.39, 0.29) is 18.0 Å². The van der Waals surface area contributed by atoms with Crippen LogP contribution in [0.25, 0.3) is 22.2 Å². The van der Waals surface area contributed by atoms with Crippen molar-refractivity contribution in [3.8, 4) is 11.1 Å². The van der Waals surface area contributed by atoms with Crippen LogP contribution in [0.4, 0.5) is 10.5 Å². The number of alkyl carbamates (subject to hydrolysis) is 1. The molecule has 1 saturated carbocycles. The zero-order valence-corrected chi connectivity index (χ0v) is 28.4. The summed E-state index contributed by atoms with van der Waals surface area (Å²) in [6, 6.07) is 18.7. The van der Waals surface area contributed by atoms with Crippen LogP contribution >= 0.6 is 0 Å². The quantitative estimate of drug-likeness (QED) is 0.140. The van der Waals surface area contributed by atoms with Gasteiger partial charge in [-0.3, -0.25) is 4.79 Å². The van der Waals surface area contributed by atoms with Crippen molar-refractivity contribution in [2.24, 2.45) is 11.8 Å². The number of carbonyl (C=O) groups excluding carboxylic acids is 3. The smallest absolute Gasteiger partial charge is 0.407 e. The molecule has 48 heavy (non-hydrogen) atoms. The number of nitrogens with zero attached hydrogens (tertiary/aromatic N) is 2. The molecule has 4 N–H and O–H groups in total. The molecule has 1 heterocycles. The Morgan fingerprint density at radius 1 is 0.896 bits per heavy atom. The summed E-state index contributed by atoms with van der Waals surface area (Å²) in [6.07, 6.45) is 4.20. The molecule has 1 aromatic heterocycles. The lowest BCUT2D eigenvalue weighted by Gasteiger charge is -2.30. The molecular formula is C37H46N6O5. The number of rotatable bonds is 11. The van der Waals surface area contributed by atoms with Crippen molar-refractivity contribution >= 4 is 34.7 Å². The number of hydrogen-bond donors (Lipinski definition) is 4. The lowest BCUT2D eigenvalue weighted by molar-refractivity contribution is -0.118. The zero-order valence-electron chi connectivity index (χ0n) is 28.4. The molecular weight excluding hydrogens is 608 g/mol. The van der Waals surface area contributed by atoms with Gasteiger partial charge in [0.05, 0.1) is 18.7 Å². The van der Waals surface area contributed by atoms with E-state index >= 15 is 0 Å². The summed E-state index contributed by atoms with van der Waals surface area (Å²) in [5.74, 6) is 0.369. The second kappa shape index (κ2) is 15.4. The standard InChI is InChI=1S/C37H46N6O5/c1-23-18-28(35(45)47-5)14-16-30(23)27-12-10-24(11-13-27)19-33(34(44)40-29-15-17-31-32(20-29)42-43-41-31)38-21-25-6-8-26(9-7-25)22-39-36(46)48-37(2,3)4/h10-18,20,25-26,33,38H,6-9,19,21-22H2,1-5H3,(H,39,46)(H,40,44)(H,41,42,43). The summed E-state index contributed by atoms with van der Waals surface area (Å²) in [5, 5.41) is 20.4. The average molecular weight is 655 g/mol. The first-order valence-electron chi connectivity index (χ1n) is 16.6. The molecule has 3 aromatic carbocycles. The van der Waals surface area contributed by atoms with Crippen LogP contribution in [0.2, 0.25) is 0 Å². The van der Waals surface area contributed by atoms with Crippen molar-refractivity contribution < 1.29 is 23.9 Å². The summed E-state index contributed by atoms with van der Waals surface area (Å²) in [6.45, 7) is 8.88. The fourth-order valence-corrected chi connectivity index (χ4v) is 6.18. The van der Waals surface area contributed by atoms with E-state index in [1.165, 1.54) is 7.11 Å². The third-order valence-electron chi connectivity index (χ3n) is 8.81. The van der Waals surface area contributed by atoms with Crippen molar-refractivity contribution in [3.63, 3.8) is 0 Å². The molecule has 1 atom stereocenters. The van der Waals surface area contributed by atoms with Crippen molar-refractivity contribution in [2.75, 3.05) is 25.5 Å². The van der Waals surface area contributed by atoms with E-state index in [2.05, 4.69) is 55.6 Å². The fraction of sp³-hybridized carbons (Fsp3) is 0.432. The summed E-state index contributed by atoms with van der Waals surface area (Å²) < 4.78 is 10.2. The van der Waals surface area contributed by atoms with Gasteiger partial charge in [-0.2, -0.15) is 15.4 Å². The van der Waals surface area contributed by atoms with E-state index < -0.39 is 11.6 Å². The molecule has 2 amide bonds. The molecule has 5 rings (SSSR count). The lowest BCUT2D eigenvalue weighted by Crippen LogP contribution is -2.44. The lowest BCUT2D eigenvalue weighted by atomic mass is 9.82. The van der Waals surface area contributed by atoms with E-state index in [1.807, 2.05) is 58.0 Å². The molecule has 0 bridgehead atoms. The molecule has 0 radical (unpaired) electrons. The van der Waals surface area contributed by atoms with Crippen LogP contribution in [-0.2, 0) is 20.7 Å². The SMILES string of the molecule is COC(=O)c1ccc(-c2ccc(CC(NCC3CCC(CNC(=O)OC(C)(C)C)CC3)C(=O)Nc3ccc4n[nH]nc4c3)cc2)c(C)c1. The number of benzene rings is 3. The number of H-pyrrole nitrogens is 1. The van der Waals surface area contributed by atoms with Gasteiger partial charge in [0.2, 0.25) is 5.91 Å². The van der Waals surface area contributed by atoms with Crippen LogP contribution in [0.5, 0.6) is 0 Å². The molecule has 254 valence electrons. The highest BCUT2D eigenvalue weighted by atomic mass is 16.6. The highest BCUT2D eigenvalue weighted by Crippen LogP contribution is 2.29. The number of esters is 1. The Labute approximate surface area is 281 Å². The average Bonchev–Trinajstić information content (AvgIpc) is 3.53. The normalized spacial score (nSPS) is 17.0. The molecule has 4 aromatic rings. The number of amides is 2. The number of anilines is 1. The number of aryl methyl sites for hydroxylation is 1. The molecule has 1 aliphatic carbocycles. The van der Waals surface area contributed by atoms with E-state index in [9.17, 15) is 14.4 Å². The second-order valence-electron chi connectivity index (χ2n) is 13.7. The van der Waals surface area contributed by atoms with Gasteiger partial charge >= 0.3 is 12.1 Å².